The van der Waals surface area contributed by atoms with Crippen molar-refractivity contribution in [2.75, 3.05) is 0 Å². The number of hydrogen-bond donors (Lipinski definition) is 0. The normalized spacial score (nSPS) is 11.2. The number of fused-ring (bicyclic) bond motifs is 3. The van der Waals surface area contributed by atoms with Crippen LogP contribution in [0.4, 0.5) is 0 Å². The van der Waals surface area contributed by atoms with Crippen LogP contribution >= 0.6 is 0 Å². The van der Waals surface area contributed by atoms with Gasteiger partial charge >= 0.3 is 0 Å². The molecule has 3 aromatic heterocycles. The highest BCUT2D eigenvalue weighted by Gasteiger charge is 2.11. The Balaban J connectivity index is 1.24. The van der Waals surface area contributed by atoms with E-state index in [1.54, 1.807) is 0 Å². The number of benzene rings is 4. The monoisotopic (exact) mass is 486 g/mol. The summed E-state index contributed by atoms with van der Waals surface area (Å²) < 4.78 is 0. The van der Waals surface area contributed by atoms with Crippen LogP contribution in [0.15, 0.2) is 134 Å². The van der Waals surface area contributed by atoms with Crippen LogP contribution in [0.2, 0.25) is 0 Å². The first kappa shape index (κ1) is 22.0. The minimum atomic E-state index is 0.706. The second-order valence-electron chi connectivity index (χ2n) is 9.18. The van der Waals surface area contributed by atoms with Crippen LogP contribution in [0.3, 0.4) is 0 Å². The molecule has 7 aromatic rings. The SMILES string of the molecule is c1ccc(-c2ccc(-c3ncc4c(ccc5c(-c6ccc(-c7ccccn7)cc6)ccnc54)n3)cc2)cc1. The number of rotatable bonds is 4. The molecule has 0 aliphatic carbocycles. The maximum Gasteiger partial charge on any atom is 0.159 e. The molecule has 7 rings (SSSR count). The zero-order valence-electron chi connectivity index (χ0n) is 20.5. The Bertz CT molecular complexity index is 1880. The fraction of sp³-hybridized carbons (Fsp3) is 0. The summed E-state index contributed by atoms with van der Waals surface area (Å²) >= 11 is 0. The van der Waals surface area contributed by atoms with E-state index < -0.39 is 0 Å². The van der Waals surface area contributed by atoms with Crippen LogP contribution < -0.4 is 0 Å². The summed E-state index contributed by atoms with van der Waals surface area (Å²) in [7, 11) is 0. The molecule has 4 nitrogen and oxygen atoms in total. The molecule has 178 valence electrons. The second-order valence-corrected chi connectivity index (χ2v) is 9.18. The molecule has 0 unspecified atom stereocenters. The van der Waals surface area contributed by atoms with Gasteiger partial charge in [0.25, 0.3) is 0 Å². The van der Waals surface area contributed by atoms with E-state index in [4.69, 9.17) is 15.0 Å². The van der Waals surface area contributed by atoms with Gasteiger partial charge < -0.3 is 0 Å². The first-order valence-electron chi connectivity index (χ1n) is 12.6. The highest BCUT2D eigenvalue weighted by atomic mass is 14.9. The van der Waals surface area contributed by atoms with Gasteiger partial charge in [0.2, 0.25) is 0 Å². The number of nitrogens with zero attached hydrogens (tertiary/aromatic N) is 4. The molecule has 38 heavy (non-hydrogen) atoms. The molecule has 4 aromatic carbocycles. The molecule has 0 saturated carbocycles. The molecule has 0 atom stereocenters. The van der Waals surface area contributed by atoms with E-state index in [1.807, 2.05) is 42.9 Å². The van der Waals surface area contributed by atoms with Crippen molar-refractivity contribution in [1.29, 1.82) is 0 Å². The second kappa shape index (κ2) is 9.34. The largest absolute Gasteiger partial charge is 0.256 e. The van der Waals surface area contributed by atoms with Crippen LogP contribution in [0.25, 0.3) is 66.7 Å². The lowest BCUT2D eigenvalue weighted by Crippen LogP contribution is -1.93. The van der Waals surface area contributed by atoms with E-state index in [-0.39, 0.29) is 0 Å². The highest BCUT2D eigenvalue weighted by molar-refractivity contribution is 6.08. The van der Waals surface area contributed by atoms with E-state index in [0.717, 1.165) is 49.8 Å². The smallest absolute Gasteiger partial charge is 0.159 e. The Kier molecular flexibility index (Phi) is 5.41. The van der Waals surface area contributed by atoms with E-state index >= 15 is 0 Å². The topological polar surface area (TPSA) is 51.6 Å². The number of hydrogen-bond acceptors (Lipinski definition) is 4. The van der Waals surface area contributed by atoms with Gasteiger partial charge in [-0.3, -0.25) is 9.97 Å². The zero-order valence-corrected chi connectivity index (χ0v) is 20.5. The van der Waals surface area contributed by atoms with E-state index in [2.05, 4.69) is 96.0 Å². The fourth-order valence-corrected chi connectivity index (χ4v) is 4.91. The zero-order chi connectivity index (χ0) is 25.3. The molecule has 0 aliphatic rings. The Labute approximate surface area is 220 Å². The molecule has 0 fully saturated rings. The standard InChI is InChI=1S/C34H22N4/c1-2-6-23(7-3-1)24-9-15-27(16-10-24)34-37-22-30-32(38-34)18-17-29-28(19-21-36-33(29)30)25-11-13-26(14-12-25)31-8-4-5-20-35-31/h1-22H. The molecule has 0 spiro atoms. The summed E-state index contributed by atoms with van der Waals surface area (Å²) in [6.45, 7) is 0. The van der Waals surface area contributed by atoms with Crippen molar-refractivity contribution in [3.8, 4) is 44.9 Å². The molecule has 4 heteroatoms. The Hall–Kier alpha value is -5.22. The van der Waals surface area contributed by atoms with Gasteiger partial charge in [-0.2, -0.15) is 0 Å². The van der Waals surface area contributed by atoms with Gasteiger partial charge in [0.15, 0.2) is 5.82 Å². The van der Waals surface area contributed by atoms with Gasteiger partial charge in [-0.15, -0.1) is 0 Å². The van der Waals surface area contributed by atoms with Gasteiger partial charge in [0.1, 0.15) is 0 Å². The van der Waals surface area contributed by atoms with Crippen molar-refractivity contribution >= 4 is 21.8 Å². The van der Waals surface area contributed by atoms with Crippen LogP contribution in [-0.2, 0) is 0 Å². The van der Waals surface area contributed by atoms with E-state index in [9.17, 15) is 0 Å². The maximum atomic E-state index is 4.89. The van der Waals surface area contributed by atoms with Gasteiger partial charge in [0.05, 0.1) is 16.7 Å². The lowest BCUT2D eigenvalue weighted by atomic mass is 9.98. The van der Waals surface area contributed by atoms with Crippen molar-refractivity contribution in [3.63, 3.8) is 0 Å². The summed E-state index contributed by atoms with van der Waals surface area (Å²) in [6.07, 6.45) is 5.57. The lowest BCUT2D eigenvalue weighted by Gasteiger charge is -2.10. The number of aromatic nitrogens is 4. The van der Waals surface area contributed by atoms with Gasteiger partial charge in [-0.1, -0.05) is 84.9 Å². The Morgan fingerprint density at radius 2 is 1.13 bits per heavy atom. The fourth-order valence-electron chi connectivity index (χ4n) is 4.91. The molecule has 0 N–H and O–H groups in total. The quantitative estimate of drug-likeness (QED) is 0.235. The van der Waals surface area contributed by atoms with Crippen molar-refractivity contribution in [3.05, 3.63) is 134 Å². The lowest BCUT2D eigenvalue weighted by molar-refractivity contribution is 1.23. The average Bonchev–Trinajstić information content (AvgIpc) is 3.01. The van der Waals surface area contributed by atoms with Crippen LogP contribution in [0, 0.1) is 0 Å². The minimum absolute atomic E-state index is 0.706. The van der Waals surface area contributed by atoms with E-state index in [1.165, 1.54) is 11.1 Å². The van der Waals surface area contributed by atoms with E-state index in [0.29, 0.717) is 5.82 Å². The summed E-state index contributed by atoms with van der Waals surface area (Å²) in [6, 6.07) is 39.5. The van der Waals surface area contributed by atoms with Crippen molar-refractivity contribution < 1.29 is 0 Å². The van der Waals surface area contributed by atoms with Crippen LogP contribution in [0.5, 0.6) is 0 Å². The predicted molar refractivity (Wildman–Crippen MR) is 154 cm³/mol. The summed E-state index contributed by atoms with van der Waals surface area (Å²) in [5.74, 6) is 0.706. The summed E-state index contributed by atoms with van der Waals surface area (Å²) in [5, 5.41) is 2.02. The first-order valence-corrected chi connectivity index (χ1v) is 12.6. The summed E-state index contributed by atoms with van der Waals surface area (Å²) in [4.78, 5) is 18.8. The third kappa shape index (κ3) is 3.98. The molecular formula is C34H22N4. The molecule has 0 saturated heterocycles. The molecular weight excluding hydrogens is 464 g/mol. The Morgan fingerprint density at radius 1 is 0.421 bits per heavy atom. The molecule has 3 heterocycles. The van der Waals surface area contributed by atoms with Crippen LogP contribution in [0.1, 0.15) is 0 Å². The molecule has 0 amide bonds. The summed E-state index contributed by atoms with van der Waals surface area (Å²) in [5.41, 5.74) is 9.45. The van der Waals surface area contributed by atoms with Gasteiger partial charge in [0, 0.05) is 40.5 Å². The number of pyridine rings is 2. The predicted octanol–water partition coefficient (Wildman–Crippen LogP) is 8.24. The van der Waals surface area contributed by atoms with Crippen LogP contribution in [-0.4, -0.2) is 19.9 Å². The molecule has 0 radical (unpaired) electrons. The third-order valence-corrected chi connectivity index (χ3v) is 6.88. The van der Waals surface area contributed by atoms with Gasteiger partial charge in [-0.05, 0) is 52.6 Å². The van der Waals surface area contributed by atoms with Gasteiger partial charge in [-0.25, -0.2) is 9.97 Å². The Morgan fingerprint density at radius 3 is 1.92 bits per heavy atom. The maximum absolute atomic E-state index is 4.89. The van der Waals surface area contributed by atoms with Crippen molar-refractivity contribution in [1.82, 2.24) is 19.9 Å². The minimum Gasteiger partial charge on any atom is -0.256 e. The first-order chi connectivity index (χ1) is 18.8. The van der Waals surface area contributed by atoms with Crippen molar-refractivity contribution in [2.45, 2.75) is 0 Å². The third-order valence-electron chi connectivity index (χ3n) is 6.88. The highest BCUT2D eigenvalue weighted by Crippen LogP contribution is 2.33. The molecule has 0 aliphatic heterocycles. The molecule has 0 bridgehead atoms. The van der Waals surface area contributed by atoms with Crippen molar-refractivity contribution in [2.24, 2.45) is 0 Å². The average molecular weight is 487 g/mol.